The second-order valence-corrected chi connectivity index (χ2v) is 3.97. The summed E-state index contributed by atoms with van der Waals surface area (Å²) in [5.41, 5.74) is 0. The van der Waals surface area contributed by atoms with Gasteiger partial charge in [-0.15, -0.1) is 0 Å². The zero-order valence-electron chi connectivity index (χ0n) is 7.97. The molecule has 0 aromatic carbocycles. The Morgan fingerprint density at radius 3 is 2.27 bits per heavy atom. The van der Waals surface area contributed by atoms with E-state index in [1.165, 1.54) is 25.7 Å². The molecule has 1 heteroatoms. The van der Waals surface area contributed by atoms with Gasteiger partial charge in [-0.25, -0.2) is 0 Å². The lowest BCUT2D eigenvalue weighted by Gasteiger charge is -2.33. The van der Waals surface area contributed by atoms with E-state index in [9.17, 15) is 0 Å². The maximum Gasteiger partial charge on any atom is 0.0601 e. The molecule has 11 heavy (non-hydrogen) atoms. The first-order valence-corrected chi connectivity index (χ1v) is 4.78. The lowest BCUT2D eigenvalue weighted by molar-refractivity contribution is 0.00526. The molecule has 1 unspecified atom stereocenters. The monoisotopic (exact) mass is 156 g/mol. The summed E-state index contributed by atoms with van der Waals surface area (Å²) in [5.74, 6) is 1.61. The van der Waals surface area contributed by atoms with Gasteiger partial charge in [-0.1, -0.05) is 26.7 Å². The summed E-state index contributed by atoms with van der Waals surface area (Å²) in [6.07, 6.45) is 5.96. The highest BCUT2D eigenvalue weighted by molar-refractivity contribution is 4.77. The van der Waals surface area contributed by atoms with Gasteiger partial charge >= 0.3 is 0 Å². The summed E-state index contributed by atoms with van der Waals surface area (Å²) in [6.45, 7) is 4.62. The van der Waals surface area contributed by atoms with Gasteiger partial charge in [0, 0.05) is 7.11 Å². The van der Waals surface area contributed by atoms with E-state index in [2.05, 4.69) is 13.8 Å². The first-order valence-electron chi connectivity index (χ1n) is 4.78. The first-order chi connectivity index (χ1) is 5.25. The number of rotatable bonds is 2. The molecule has 0 aliphatic heterocycles. The van der Waals surface area contributed by atoms with Crippen molar-refractivity contribution < 1.29 is 4.74 Å². The lowest BCUT2D eigenvalue weighted by Crippen LogP contribution is -2.30. The van der Waals surface area contributed by atoms with E-state index in [4.69, 9.17) is 4.74 Å². The normalized spacial score (nSPS) is 32.7. The zero-order valence-corrected chi connectivity index (χ0v) is 7.97. The van der Waals surface area contributed by atoms with Gasteiger partial charge in [0.2, 0.25) is 0 Å². The molecule has 0 saturated heterocycles. The second kappa shape index (κ2) is 4.10. The van der Waals surface area contributed by atoms with Crippen LogP contribution in [0.5, 0.6) is 0 Å². The average molecular weight is 156 g/mol. The number of methoxy groups -OCH3 is 1. The molecule has 1 aliphatic rings. The van der Waals surface area contributed by atoms with Crippen LogP contribution in [0.2, 0.25) is 0 Å². The van der Waals surface area contributed by atoms with E-state index in [0.717, 1.165) is 11.8 Å². The molecule has 66 valence electrons. The van der Waals surface area contributed by atoms with Crippen molar-refractivity contribution >= 4 is 0 Å². The Labute approximate surface area is 70.1 Å². The van der Waals surface area contributed by atoms with E-state index in [1.807, 2.05) is 7.11 Å². The van der Waals surface area contributed by atoms with Crippen molar-refractivity contribution in [3.05, 3.63) is 0 Å². The van der Waals surface area contributed by atoms with Crippen LogP contribution in [0.4, 0.5) is 0 Å². The fourth-order valence-corrected chi connectivity index (χ4v) is 2.18. The Bertz CT molecular complexity index is 109. The molecule has 1 fully saturated rings. The van der Waals surface area contributed by atoms with Gasteiger partial charge in [-0.2, -0.15) is 0 Å². The highest BCUT2D eigenvalue weighted by Crippen LogP contribution is 2.31. The number of hydrogen-bond acceptors (Lipinski definition) is 1. The number of hydrogen-bond donors (Lipinski definition) is 0. The molecule has 1 saturated carbocycles. The van der Waals surface area contributed by atoms with Crippen LogP contribution in [0.15, 0.2) is 0 Å². The van der Waals surface area contributed by atoms with Crippen molar-refractivity contribution in [1.29, 1.82) is 0 Å². The van der Waals surface area contributed by atoms with Gasteiger partial charge in [-0.3, -0.25) is 0 Å². The van der Waals surface area contributed by atoms with Crippen molar-refractivity contribution in [1.82, 2.24) is 0 Å². The molecule has 1 aliphatic carbocycles. The third kappa shape index (κ3) is 2.19. The van der Waals surface area contributed by atoms with Gasteiger partial charge in [0.1, 0.15) is 0 Å². The van der Waals surface area contributed by atoms with Crippen molar-refractivity contribution in [2.24, 2.45) is 11.8 Å². The number of ether oxygens (including phenoxy) is 1. The van der Waals surface area contributed by atoms with Gasteiger partial charge in [0.15, 0.2) is 0 Å². The summed E-state index contributed by atoms with van der Waals surface area (Å²) in [5, 5.41) is 0. The summed E-state index contributed by atoms with van der Waals surface area (Å²) in [4.78, 5) is 0. The average Bonchev–Trinajstić information content (AvgIpc) is 2.04. The maximum absolute atomic E-state index is 5.47. The van der Waals surface area contributed by atoms with E-state index in [0.29, 0.717) is 6.10 Å². The quantitative estimate of drug-likeness (QED) is 0.597. The Kier molecular flexibility index (Phi) is 3.38. The van der Waals surface area contributed by atoms with E-state index in [1.54, 1.807) is 0 Å². The molecule has 0 N–H and O–H groups in total. The predicted octanol–water partition coefficient (Wildman–Crippen LogP) is 2.85. The Balaban J connectivity index is 2.44. The van der Waals surface area contributed by atoms with Crippen LogP contribution in [-0.4, -0.2) is 13.2 Å². The minimum absolute atomic E-state index is 0.545. The van der Waals surface area contributed by atoms with Crippen molar-refractivity contribution in [2.45, 2.75) is 45.6 Å². The third-order valence-electron chi connectivity index (χ3n) is 2.91. The van der Waals surface area contributed by atoms with Crippen LogP contribution < -0.4 is 0 Å². The minimum atomic E-state index is 0.545. The molecule has 0 aromatic rings. The van der Waals surface area contributed by atoms with Crippen LogP contribution in [-0.2, 0) is 4.74 Å². The van der Waals surface area contributed by atoms with Crippen LogP contribution in [0.25, 0.3) is 0 Å². The molecule has 1 rings (SSSR count). The van der Waals surface area contributed by atoms with E-state index >= 15 is 0 Å². The first kappa shape index (κ1) is 9.05. The highest BCUT2D eigenvalue weighted by atomic mass is 16.5. The van der Waals surface area contributed by atoms with Gasteiger partial charge in [-0.05, 0) is 24.7 Å². The fraction of sp³-hybridized carbons (Fsp3) is 1.00. The molecular weight excluding hydrogens is 136 g/mol. The third-order valence-corrected chi connectivity index (χ3v) is 2.91. The molecule has 0 amide bonds. The standard InChI is InChI=1S/C10H20O/c1-8(2)9-6-4-5-7-10(9)11-3/h8-10H,4-7H2,1-3H3/t9-,10?/m0/s1. The van der Waals surface area contributed by atoms with Gasteiger partial charge < -0.3 is 4.74 Å². The smallest absolute Gasteiger partial charge is 0.0601 e. The molecule has 0 radical (unpaired) electrons. The molecular formula is C10H20O. The molecule has 0 bridgehead atoms. The highest BCUT2D eigenvalue weighted by Gasteiger charge is 2.26. The van der Waals surface area contributed by atoms with Crippen LogP contribution >= 0.6 is 0 Å². The van der Waals surface area contributed by atoms with Crippen LogP contribution in [0.1, 0.15) is 39.5 Å². The maximum atomic E-state index is 5.47. The molecule has 0 heterocycles. The second-order valence-electron chi connectivity index (χ2n) is 3.97. The topological polar surface area (TPSA) is 9.23 Å². The van der Waals surface area contributed by atoms with Crippen molar-refractivity contribution in [2.75, 3.05) is 7.11 Å². The van der Waals surface area contributed by atoms with Gasteiger partial charge in [0.25, 0.3) is 0 Å². The Morgan fingerprint density at radius 1 is 1.18 bits per heavy atom. The molecule has 0 aromatic heterocycles. The Hall–Kier alpha value is -0.0400. The molecule has 1 nitrogen and oxygen atoms in total. The van der Waals surface area contributed by atoms with Gasteiger partial charge in [0.05, 0.1) is 6.10 Å². The predicted molar refractivity (Wildman–Crippen MR) is 47.6 cm³/mol. The van der Waals surface area contributed by atoms with Crippen LogP contribution in [0, 0.1) is 11.8 Å². The van der Waals surface area contributed by atoms with Crippen molar-refractivity contribution in [3.8, 4) is 0 Å². The molecule has 0 spiro atoms. The van der Waals surface area contributed by atoms with E-state index in [-0.39, 0.29) is 0 Å². The Morgan fingerprint density at radius 2 is 1.82 bits per heavy atom. The minimum Gasteiger partial charge on any atom is -0.381 e. The zero-order chi connectivity index (χ0) is 8.27. The summed E-state index contributed by atoms with van der Waals surface area (Å²) in [6, 6.07) is 0. The largest absolute Gasteiger partial charge is 0.381 e. The summed E-state index contributed by atoms with van der Waals surface area (Å²) >= 11 is 0. The van der Waals surface area contributed by atoms with Crippen LogP contribution in [0.3, 0.4) is 0 Å². The van der Waals surface area contributed by atoms with E-state index < -0.39 is 0 Å². The van der Waals surface area contributed by atoms with Crippen molar-refractivity contribution in [3.63, 3.8) is 0 Å². The lowest BCUT2D eigenvalue weighted by atomic mass is 9.79. The molecule has 2 atom stereocenters. The fourth-order valence-electron chi connectivity index (χ4n) is 2.18. The summed E-state index contributed by atoms with van der Waals surface area (Å²) in [7, 11) is 1.85. The summed E-state index contributed by atoms with van der Waals surface area (Å²) < 4.78 is 5.47. The SMILES string of the molecule is COC1CCCC[C@H]1C(C)C.